The third-order valence-electron chi connectivity index (χ3n) is 5.34. The molecule has 4 rings (SSSR count). The fourth-order valence-corrected chi connectivity index (χ4v) is 3.73. The monoisotopic (exact) mass is 378 g/mol. The van der Waals surface area contributed by atoms with Gasteiger partial charge in [0.05, 0.1) is 6.20 Å². The highest BCUT2D eigenvalue weighted by Crippen LogP contribution is 2.30. The van der Waals surface area contributed by atoms with E-state index >= 15 is 0 Å². The highest BCUT2D eigenvalue weighted by Gasteiger charge is 2.30. The average Bonchev–Trinajstić information content (AvgIpc) is 3.40. The van der Waals surface area contributed by atoms with Crippen LogP contribution >= 0.6 is 0 Å². The Kier molecular flexibility index (Phi) is 4.75. The molecule has 28 heavy (non-hydrogen) atoms. The zero-order chi connectivity index (χ0) is 19.8. The number of hydrogen-bond donors (Lipinski definition) is 1. The van der Waals surface area contributed by atoms with E-state index in [1.54, 1.807) is 4.68 Å². The molecular weight excluding hydrogens is 352 g/mol. The minimum atomic E-state index is -0.00853. The van der Waals surface area contributed by atoms with Gasteiger partial charge < -0.3 is 4.90 Å². The summed E-state index contributed by atoms with van der Waals surface area (Å²) in [6.45, 7) is 7.57. The molecule has 1 N–H and O–H groups in total. The Morgan fingerprint density at radius 2 is 2.07 bits per heavy atom. The Morgan fingerprint density at radius 1 is 1.25 bits per heavy atom. The Morgan fingerprint density at radius 3 is 2.75 bits per heavy atom. The van der Waals surface area contributed by atoms with Crippen LogP contribution in [0.15, 0.2) is 30.6 Å². The molecule has 0 aliphatic carbocycles. The number of aromatic nitrogens is 5. The van der Waals surface area contributed by atoms with Crippen LogP contribution in [-0.2, 0) is 7.05 Å². The third-order valence-corrected chi connectivity index (χ3v) is 5.34. The van der Waals surface area contributed by atoms with E-state index in [9.17, 15) is 4.79 Å². The van der Waals surface area contributed by atoms with Gasteiger partial charge in [-0.3, -0.25) is 19.6 Å². The van der Waals surface area contributed by atoms with Crippen molar-refractivity contribution in [1.82, 2.24) is 29.9 Å². The van der Waals surface area contributed by atoms with Crippen molar-refractivity contribution in [2.75, 3.05) is 13.1 Å². The summed E-state index contributed by atoms with van der Waals surface area (Å²) in [4.78, 5) is 19.5. The van der Waals surface area contributed by atoms with Gasteiger partial charge in [0.2, 0.25) is 0 Å². The fourth-order valence-electron chi connectivity index (χ4n) is 3.73. The van der Waals surface area contributed by atoms with Crippen LogP contribution in [0, 0.1) is 6.92 Å². The molecule has 0 bridgehead atoms. The van der Waals surface area contributed by atoms with Crippen LogP contribution in [0.5, 0.6) is 0 Å². The fraction of sp³-hybridized carbons (Fsp3) is 0.429. The number of nitrogens with one attached hydrogen (secondary N) is 1. The third kappa shape index (κ3) is 3.56. The van der Waals surface area contributed by atoms with Crippen molar-refractivity contribution in [3.8, 4) is 11.1 Å². The predicted molar refractivity (Wildman–Crippen MR) is 107 cm³/mol. The molecule has 1 atom stereocenters. The van der Waals surface area contributed by atoms with E-state index in [1.807, 2.05) is 37.3 Å². The first-order chi connectivity index (χ1) is 13.4. The molecule has 7 nitrogen and oxygen atoms in total. The van der Waals surface area contributed by atoms with Gasteiger partial charge in [0.1, 0.15) is 5.69 Å². The number of carbonyl (C=O) groups excluding carboxylic acids is 1. The molecule has 0 radical (unpaired) electrons. The molecule has 1 aliphatic rings. The summed E-state index contributed by atoms with van der Waals surface area (Å²) in [6.07, 6.45) is 4.79. The quantitative estimate of drug-likeness (QED) is 0.756. The highest BCUT2D eigenvalue weighted by atomic mass is 16.2. The van der Waals surface area contributed by atoms with Crippen molar-refractivity contribution >= 4 is 5.91 Å². The minimum Gasteiger partial charge on any atom is -0.337 e. The SMILES string of the molecule is Cc1cc(-c2cnn(C)c2)cc([C@@H]2CCN(C(=O)c3cc(C(C)C)[nH]n3)C2)n1. The second kappa shape index (κ2) is 7.22. The zero-order valence-electron chi connectivity index (χ0n) is 16.8. The maximum atomic E-state index is 12.8. The minimum absolute atomic E-state index is 0.00853. The normalized spacial score (nSPS) is 16.9. The van der Waals surface area contributed by atoms with E-state index in [-0.39, 0.29) is 11.8 Å². The summed E-state index contributed by atoms with van der Waals surface area (Å²) < 4.78 is 1.80. The van der Waals surface area contributed by atoms with Crippen LogP contribution in [0.25, 0.3) is 11.1 Å². The number of hydrogen-bond acceptors (Lipinski definition) is 4. The number of H-pyrrole nitrogens is 1. The highest BCUT2D eigenvalue weighted by molar-refractivity contribution is 5.92. The molecule has 0 aromatic carbocycles. The van der Waals surface area contributed by atoms with Crippen LogP contribution in [0.4, 0.5) is 0 Å². The molecule has 7 heteroatoms. The zero-order valence-corrected chi connectivity index (χ0v) is 16.8. The molecule has 3 aromatic heterocycles. The average molecular weight is 378 g/mol. The summed E-state index contributed by atoms with van der Waals surface area (Å²) in [7, 11) is 1.92. The predicted octanol–water partition coefficient (Wildman–Crippen LogP) is 3.27. The molecule has 4 heterocycles. The Hall–Kier alpha value is -2.96. The second-order valence-electron chi connectivity index (χ2n) is 7.92. The number of amides is 1. The molecule has 1 aliphatic heterocycles. The summed E-state index contributed by atoms with van der Waals surface area (Å²) >= 11 is 0. The van der Waals surface area contributed by atoms with E-state index in [0.29, 0.717) is 18.2 Å². The topological polar surface area (TPSA) is 79.7 Å². The lowest BCUT2D eigenvalue weighted by Gasteiger charge is -2.15. The number of likely N-dealkylation sites (tertiary alicyclic amines) is 1. The molecular formula is C21H26N6O. The number of rotatable bonds is 4. The van der Waals surface area contributed by atoms with Crippen LogP contribution in [0.2, 0.25) is 0 Å². The molecule has 146 valence electrons. The Labute approximate surface area is 164 Å². The standard InChI is InChI=1S/C21H26N6O/c1-13(2)18-9-20(25-24-18)21(28)27-6-5-15(12-27)19-8-16(7-14(3)23-19)17-10-22-26(4)11-17/h7-11,13,15H,5-6,12H2,1-4H3,(H,24,25)/t15-/m1/s1. The van der Waals surface area contributed by atoms with Crippen molar-refractivity contribution in [3.05, 3.63) is 53.4 Å². The lowest BCUT2D eigenvalue weighted by atomic mass is 10.00. The lowest BCUT2D eigenvalue weighted by molar-refractivity contribution is 0.0785. The summed E-state index contributed by atoms with van der Waals surface area (Å²) in [5.74, 6) is 0.552. The molecule has 0 saturated carbocycles. The van der Waals surface area contributed by atoms with E-state index in [4.69, 9.17) is 4.98 Å². The molecule has 1 fully saturated rings. The van der Waals surface area contributed by atoms with Gasteiger partial charge in [-0.25, -0.2) is 0 Å². The van der Waals surface area contributed by atoms with Gasteiger partial charge in [0, 0.05) is 54.9 Å². The van der Waals surface area contributed by atoms with E-state index < -0.39 is 0 Å². The largest absolute Gasteiger partial charge is 0.337 e. The summed E-state index contributed by atoms with van der Waals surface area (Å²) in [6, 6.07) is 6.08. The number of nitrogens with zero attached hydrogens (tertiary/aromatic N) is 5. The van der Waals surface area contributed by atoms with Gasteiger partial charge in [-0.2, -0.15) is 10.2 Å². The van der Waals surface area contributed by atoms with Crippen molar-refractivity contribution in [2.45, 2.75) is 39.0 Å². The van der Waals surface area contributed by atoms with Gasteiger partial charge >= 0.3 is 0 Å². The van der Waals surface area contributed by atoms with Gasteiger partial charge in [-0.1, -0.05) is 13.8 Å². The number of aromatic amines is 1. The van der Waals surface area contributed by atoms with Gasteiger partial charge in [-0.15, -0.1) is 0 Å². The summed E-state index contributed by atoms with van der Waals surface area (Å²) in [5, 5.41) is 11.4. The second-order valence-corrected chi connectivity index (χ2v) is 7.92. The first-order valence-corrected chi connectivity index (χ1v) is 9.73. The molecule has 0 unspecified atom stereocenters. The van der Waals surface area contributed by atoms with Crippen molar-refractivity contribution in [1.29, 1.82) is 0 Å². The van der Waals surface area contributed by atoms with Gasteiger partial charge in [0.15, 0.2) is 0 Å². The van der Waals surface area contributed by atoms with E-state index in [0.717, 1.165) is 41.2 Å². The number of carbonyl (C=O) groups is 1. The lowest BCUT2D eigenvalue weighted by Crippen LogP contribution is -2.28. The van der Waals surface area contributed by atoms with Crippen molar-refractivity contribution in [2.24, 2.45) is 7.05 Å². The number of pyridine rings is 1. The maximum Gasteiger partial charge on any atom is 0.274 e. The molecule has 1 saturated heterocycles. The Bertz CT molecular complexity index is 1000. The van der Waals surface area contributed by atoms with Crippen molar-refractivity contribution < 1.29 is 4.79 Å². The molecule has 1 amide bonds. The molecule has 3 aromatic rings. The van der Waals surface area contributed by atoms with Crippen LogP contribution in [-0.4, -0.2) is 48.9 Å². The Balaban J connectivity index is 1.52. The molecule has 0 spiro atoms. The van der Waals surface area contributed by atoms with E-state index in [1.165, 1.54) is 0 Å². The van der Waals surface area contributed by atoms with Crippen molar-refractivity contribution in [3.63, 3.8) is 0 Å². The van der Waals surface area contributed by atoms with Crippen LogP contribution < -0.4 is 0 Å². The van der Waals surface area contributed by atoms with Crippen LogP contribution in [0.1, 0.15) is 59.7 Å². The van der Waals surface area contributed by atoms with Gasteiger partial charge in [-0.05, 0) is 43.0 Å². The summed E-state index contributed by atoms with van der Waals surface area (Å²) in [5.41, 5.74) is 5.71. The maximum absolute atomic E-state index is 12.8. The first kappa shape index (κ1) is 18.4. The van der Waals surface area contributed by atoms with Crippen LogP contribution in [0.3, 0.4) is 0 Å². The van der Waals surface area contributed by atoms with Gasteiger partial charge in [0.25, 0.3) is 5.91 Å². The first-order valence-electron chi connectivity index (χ1n) is 9.73. The number of aryl methyl sites for hydroxylation is 2. The smallest absolute Gasteiger partial charge is 0.274 e. The van der Waals surface area contributed by atoms with E-state index in [2.05, 4.69) is 41.3 Å².